The van der Waals surface area contributed by atoms with Crippen LogP contribution in [-0.2, 0) is 0 Å². The van der Waals surface area contributed by atoms with Crippen molar-refractivity contribution in [2.75, 3.05) is 19.6 Å². The predicted octanol–water partition coefficient (Wildman–Crippen LogP) is 2.93. The molecule has 0 radical (unpaired) electrons. The smallest absolute Gasteiger partial charge is 0.123 e. The molecule has 0 bridgehead atoms. The van der Waals surface area contributed by atoms with Crippen molar-refractivity contribution in [3.05, 3.63) is 0 Å². The normalized spacial score (nSPS) is 25.8. The Morgan fingerprint density at radius 2 is 1.59 bits per heavy atom. The average Bonchev–Trinajstić information content (AvgIpc) is 2.22. The lowest BCUT2D eigenvalue weighted by molar-refractivity contribution is 0.0456. The summed E-state index contributed by atoms with van der Waals surface area (Å²) in [5, 5.41) is 0. The molecule has 1 aliphatic carbocycles. The SMILES string of the molecule is Cl.Cl.NC1CCN(CC2(F)CCCCC2)CC1. The van der Waals surface area contributed by atoms with Gasteiger partial charge in [-0.2, -0.15) is 0 Å². The minimum absolute atomic E-state index is 0. The molecule has 0 atom stereocenters. The van der Waals surface area contributed by atoms with E-state index in [0.29, 0.717) is 12.6 Å². The quantitative estimate of drug-likeness (QED) is 0.846. The number of nitrogens with zero attached hydrogens (tertiary/aromatic N) is 1. The van der Waals surface area contributed by atoms with Crippen molar-refractivity contribution in [3.63, 3.8) is 0 Å². The van der Waals surface area contributed by atoms with E-state index in [1.807, 2.05) is 0 Å². The Morgan fingerprint density at radius 1 is 1.06 bits per heavy atom. The summed E-state index contributed by atoms with van der Waals surface area (Å²) in [5.74, 6) is 0. The number of hydrogen-bond donors (Lipinski definition) is 1. The van der Waals surface area contributed by atoms with Gasteiger partial charge < -0.3 is 10.6 Å². The molecular weight excluding hydrogens is 262 g/mol. The van der Waals surface area contributed by atoms with Gasteiger partial charge in [0.05, 0.1) is 0 Å². The minimum Gasteiger partial charge on any atom is -0.328 e. The predicted molar refractivity (Wildman–Crippen MR) is 75.1 cm³/mol. The van der Waals surface area contributed by atoms with Gasteiger partial charge >= 0.3 is 0 Å². The van der Waals surface area contributed by atoms with Gasteiger partial charge in [-0.3, -0.25) is 0 Å². The molecule has 0 spiro atoms. The second-order valence-corrected chi connectivity index (χ2v) is 5.33. The molecule has 0 unspecified atom stereocenters. The van der Waals surface area contributed by atoms with Gasteiger partial charge in [0.15, 0.2) is 0 Å². The highest BCUT2D eigenvalue weighted by Crippen LogP contribution is 2.33. The third-order valence-corrected chi connectivity index (χ3v) is 3.89. The molecule has 1 saturated carbocycles. The van der Waals surface area contributed by atoms with E-state index < -0.39 is 5.67 Å². The molecule has 1 heterocycles. The first kappa shape index (κ1) is 17.4. The number of piperidine rings is 1. The van der Waals surface area contributed by atoms with E-state index in [-0.39, 0.29) is 24.8 Å². The Morgan fingerprint density at radius 3 is 2.12 bits per heavy atom. The van der Waals surface area contributed by atoms with Crippen LogP contribution in [0.3, 0.4) is 0 Å². The lowest BCUT2D eigenvalue weighted by Crippen LogP contribution is -2.47. The van der Waals surface area contributed by atoms with E-state index in [1.165, 1.54) is 6.42 Å². The first-order valence-corrected chi connectivity index (χ1v) is 6.35. The van der Waals surface area contributed by atoms with Crippen molar-refractivity contribution in [3.8, 4) is 0 Å². The fourth-order valence-electron chi connectivity index (χ4n) is 2.86. The van der Waals surface area contributed by atoms with Crippen molar-refractivity contribution in [2.24, 2.45) is 5.73 Å². The zero-order chi connectivity index (χ0) is 10.7. The number of halogens is 3. The van der Waals surface area contributed by atoms with Crippen LogP contribution in [0.2, 0.25) is 0 Å². The van der Waals surface area contributed by atoms with Crippen molar-refractivity contribution < 1.29 is 4.39 Å². The van der Waals surface area contributed by atoms with Gasteiger partial charge in [-0.25, -0.2) is 4.39 Å². The molecule has 2 nitrogen and oxygen atoms in total. The standard InChI is InChI=1S/C12H23FN2.2ClH/c13-12(6-2-1-3-7-12)10-15-8-4-11(14)5-9-15;;/h11H,1-10,14H2;2*1H. The second-order valence-electron chi connectivity index (χ2n) is 5.33. The fraction of sp³-hybridized carbons (Fsp3) is 1.00. The number of alkyl halides is 1. The Kier molecular flexibility index (Phi) is 7.97. The second kappa shape index (κ2) is 7.78. The summed E-state index contributed by atoms with van der Waals surface area (Å²) in [6.45, 7) is 2.64. The first-order valence-electron chi connectivity index (χ1n) is 6.35. The molecule has 2 rings (SSSR count). The monoisotopic (exact) mass is 286 g/mol. The molecule has 0 aromatic heterocycles. The highest BCUT2D eigenvalue weighted by Gasteiger charge is 2.34. The molecule has 0 aromatic rings. The van der Waals surface area contributed by atoms with Crippen LogP contribution in [0.5, 0.6) is 0 Å². The van der Waals surface area contributed by atoms with E-state index in [4.69, 9.17) is 5.73 Å². The molecule has 0 amide bonds. The van der Waals surface area contributed by atoms with Gasteiger partial charge in [0.1, 0.15) is 5.67 Å². The summed E-state index contributed by atoms with van der Waals surface area (Å²) in [5.41, 5.74) is 4.95. The van der Waals surface area contributed by atoms with E-state index >= 15 is 0 Å². The Balaban J connectivity index is 0.00000128. The van der Waals surface area contributed by atoms with Gasteiger partial charge in [0.25, 0.3) is 0 Å². The van der Waals surface area contributed by atoms with Gasteiger partial charge in [-0.1, -0.05) is 19.3 Å². The molecule has 2 N–H and O–H groups in total. The zero-order valence-electron chi connectivity index (χ0n) is 10.4. The van der Waals surface area contributed by atoms with E-state index in [9.17, 15) is 4.39 Å². The molecule has 2 aliphatic rings. The third-order valence-electron chi connectivity index (χ3n) is 3.89. The maximum atomic E-state index is 14.4. The summed E-state index contributed by atoms with van der Waals surface area (Å²) in [4.78, 5) is 2.27. The van der Waals surface area contributed by atoms with Crippen molar-refractivity contribution in [1.29, 1.82) is 0 Å². The van der Waals surface area contributed by atoms with Crippen molar-refractivity contribution >= 4 is 24.8 Å². The topological polar surface area (TPSA) is 29.3 Å². The molecule has 104 valence electrons. The van der Waals surface area contributed by atoms with Gasteiger partial charge in [0, 0.05) is 12.6 Å². The number of nitrogens with two attached hydrogens (primary N) is 1. The van der Waals surface area contributed by atoms with Crippen LogP contribution >= 0.6 is 24.8 Å². The van der Waals surface area contributed by atoms with Gasteiger partial charge in [-0.15, -0.1) is 24.8 Å². The van der Waals surface area contributed by atoms with Crippen LogP contribution in [0.25, 0.3) is 0 Å². The zero-order valence-corrected chi connectivity index (χ0v) is 12.0. The maximum absolute atomic E-state index is 14.4. The van der Waals surface area contributed by atoms with Crippen LogP contribution in [0.15, 0.2) is 0 Å². The molecule has 2 fully saturated rings. The summed E-state index contributed by atoms with van der Waals surface area (Å²) < 4.78 is 14.4. The van der Waals surface area contributed by atoms with Crippen LogP contribution < -0.4 is 5.73 Å². The van der Waals surface area contributed by atoms with Crippen molar-refractivity contribution in [2.45, 2.75) is 56.7 Å². The Bertz CT molecular complexity index is 203. The van der Waals surface area contributed by atoms with E-state index in [0.717, 1.165) is 51.6 Å². The maximum Gasteiger partial charge on any atom is 0.123 e. The molecule has 5 heteroatoms. The highest BCUT2D eigenvalue weighted by atomic mass is 35.5. The Labute approximate surface area is 116 Å². The Hall–Kier alpha value is 0.430. The first-order chi connectivity index (χ1) is 7.18. The van der Waals surface area contributed by atoms with Crippen molar-refractivity contribution in [1.82, 2.24) is 4.90 Å². The number of hydrogen-bond acceptors (Lipinski definition) is 2. The number of likely N-dealkylation sites (tertiary alicyclic amines) is 1. The summed E-state index contributed by atoms with van der Waals surface area (Å²) in [6.07, 6.45) is 6.99. The van der Waals surface area contributed by atoms with Gasteiger partial charge in [0.2, 0.25) is 0 Å². The summed E-state index contributed by atoms with van der Waals surface area (Å²) >= 11 is 0. The lowest BCUT2D eigenvalue weighted by atomic mass is 9.85. The largest absolute Gasteiger partial charge is 0.328 e. The van der Waals surface area contributed by atoms with Crippen LogP contribution in [0.4, 0.5) is 4.39 Å². The van der Waals surface area contributed by atoms with E-state index in [1.54, 1.807) is 0 Å². The molecule has 0 aromatic carbocycles. The van der Waals surface area contributed by atoms with Crippen LogP contribution in [0, 0.1) is 0 Å². The van der Waals surface area contributed by atoms with E-state index in [2.05, 4.69) is 4.90 Å². The van der Waals surface area contributed by atoms with Crippen LogP contribution in [0.1, 0.15) is 44.9 Å². The minimum atomic E-state index is -0.889. The number of rotatable bonds is 2. The molecule has 1 aliphatic heterocycles. The lowest BCUT2D eigenvalue weighted by Gasteiger charge is -2.37. The van der Waals surface area contributed by atoms with Gasteiger partial charge in [-0.05, 0) is 38.8 Å². The summed E-state index contributed by atoms with van der Waals surface area (Å²) in [6, 6.07) is 0.350. The average molecular weight is 287 g/mol. The summed E-state index contributed by atoms with van der Waals surface area (Å²) in [7, 11) is 0. The highest BCUT2D eigenvalue weighted by molar-refractivity contribution is 5.85. The van der Waals surface area contributed by atoms with Crippen LogP contribution in [-0.4, -0.2) is 36.2 Å². The fourth-order valence-corrected chi connectivity index (χ4v) is 2.86. The molecular formula is C12H25Cl2FN2. The molecule has 1 saturated heterocycles. The molecule has 17 heavy (non-hydrogen) atoms. The third kappa shape index (κ3) is 5.29.